The number of hydrogen-bond acceptors (Lipinski definition) is 6. The number of benzene rings is 1. The summed E-state index contributed by atoms with van der Waals surface area (Å²) in [6.07, 6.45) is 0.664. The molecule has 2 N–H and O–H groups in total. The zero-order valence-electron chi connectivity index (χ0n) is 14.3. The van der Waals surface area contributed by atoms with Gasteiger partial charge in [0.2, 0.25) is 0 Å². The minimum Gasteiger partial charge on any atom is -0.468 e. The molecular formula is C18H25NO6. The van der Waals surface area contributed by atoms with Crippen LogP contribution in [0.5, 0.6) is 0 Å². The molecular weight excluding hydrogens is 326 g/mol. The fourth-order valence-corrected chi connectivity index (χ4v) is 3.14. The van der Waals surface area contributed by atoms with Gasteiger partial charge in [0.15, 0.2) is 0 Å². The van der Waals surface area contributed by atoms with Crippen LogP contribution in [0, 0.1) is 0 Å². The monoisotopic (exact) mass is 351 g/mol. The Hall–Kier alpha value is -2.12. The van der Waals surface area contributed by atoms with E-state index in [9.17, 15) is 14.7 Å². The van der Waals surface area contributed by atoms with Crippen LogP contribution >= 0.6 is 0 Å². The molecule has 138 valence electrons. The molecule has 0 radical (unpaired) electrons. The van der Waals surface area contributed by atoms with Gasteiger partial charge in [0.05, 0.1) is 19.8 Å². The van der Waals surface area contributed by atoms with Gasteiger partial charge >= 0.3 is 12.1 Å². The Labute approximate surface area is 147 Å². The van der Waals surface area contributed by atoms with Crippen molar-refractivity contribution in [3.63, 3.8) is 0 Å². The number of likely N-dealkylation sites (tertiary alicyclic amines) is 1. The third-order valence-electron chi connectivity index (χ3n) is 4.39. The van der Waals surface area contributed by atoms with Gasteiger partial charge < -0.3 is 24.6 Å². The van der Waals surface area contributed by atoms with Crippen LogP contribution in [0.15, 0.2) is 30.3 Å². The predicted molar refractivity (Wildman–Crippen MR) is 90.0 cm³/mol. The number of carbonyl (C=O) groups is 2. The first-order valence-electron chi connectivity index (χ1n) is 8.43. The summed E-state index contributed by atoms with van der Waals surface area (Å²) in [6.45, 7) is -0.294. The Kier molecular flexibility index (Phi) is 7.21. The zero-order chi connectivity index (χ0) is 18.2. The second kappa shape index (κ2) is 9.39. The Bertz CT molecular complexity index is 564. The Morgan fingerprint density at radius 1 is 1.28 bits per heavy atom. The lowest BCUT2D eigenvalue weighted by molar-refractivity contribution is -0.144. The Morgan fingerprint density at radius 3 is 2.64 bits per heavy atom. The van der Waals surface area contributed by atoms with Crippen molar-refractivity contribution in [1.82, 2.24) is 4.90 Å². The summed E-state index contributed by atoms with van der Waals surface area (Å²) in [5, 5.41) is 18.2. The van der Waals surface area contributed by atoms with Crippen LogP contribution in [0.1, 0.15) is 30.7 Å². The molecule has 1 saturated heterocycles. The first-order valence-corrected chi connectivity index (χ1v) is 8.43. The van der Waals surface area contributed by atoms with Crippen LogP contribution < -0.4 is 0 Å². The second-order valence-corrected chi connectivity index (χ2v) is 6.08. The molecule has 0 bridgehead atoms. The molecule has 0 aliphatic carbocycles. The van der Waals surface area contributed by atoms with Crippen LogP contribution in [-0.2, 0) is 14.3 Å². The number of aliphatic hydroxyl groups excluding tert-OH is 2. The molecule has 1 aromatic rings. The van der Waals surface area contributed by atoms with Crippen molar-refractivity contribution in [2.75, 3.05) is 26.9 Å². The summed E-state index contributed by atoms with van der Waals surface area (Å²) in [5.41, 5.74) is 0.787. The lowest BCUT2D eigenvalue weighted by Gasteiger charge is -2.38. The van der Waals surface area contributed by atoms with Crippen molar-refractivity contribution in [3.8, 4) is 0 Å². The average molecular weight is 351 g/mol. The highest BCUT2D eigenvalue weighted by atomic mass is 16.6. The number of ether oxygens (including phenoxy) is 2. The van der Waals surface area contributed by atoms with Gasteiger partial charge in [-0.25, -0.2) is 4.79 Å². The molecule has 0 spiro atoms. The highest BCUT2D eigenvalue weighted by Crippen LogP contribution is 2.32. The first kappa shape index (κ1) is 19.2. The molecule has 0 aromatic heterocycles. The van der Waals surface area contributed by atoms with Gasteiger partial charge in [-0.3, -0.25) is 4.79 Å². The highest BCUT2D eigenvalue weighted by Gasteiger charge is 2.39. The number of methoxy groups -OCH3 is 1. The molecule has 1 amide bonds. The van der Waals surface area contributed by atoms with Crippen LogP contribution in [0.2, 0.25) is 0 Å². The van der Waals surface area contributed by atoms with E-state index in [0.29, 0.717) is 13.0 Å². The second-order valence-electron chi connectivity index (χ2n) is 6.08. The number of carbonyl (C=O) groups excluding carboxylic acids is 2. The van der Waals surface area contributed by atoms with Gasteiger partial charge in [0.1, 0.15) is 18.6 Å². The number of esters is 1. The van der Waals surface area contributed by atoms with E-state index in [2.05, 4.69) is 0 Å². The minimum atomic E-state index is -1.11. The van der Waals surface area contributed by atoms with Gasteiger partial charge in [-0.15, -0.1) is 0 Å². The number of aliphatic hydroxyl groups is 2. The van der Waals surface area contributed by atoms with Crippen molar-refractivity contribution in [2.24, 2.45) is 0 Å². The van der Waals surface area contributed by atoms with Gasteiger partial charge in [-0.05, 0) is 24.8 Å². The summed E-state index contributed by atoms with van der Waals surface area (Å²) in [5.74, 6) is -0.992. The summed E-state index contributed by atoms with van der Waals surface area (Å²) in [4.78, 5) is 26.4. The Morgan fingerprint density at radius 2 is 2.00 bits per heavy atom. The van der Waals surface area contributed by atoms with E-state index in [4.69, 9.17) is 14.6 Å². The molecule has 1 fully saturated rings. The van der Waals surface area contributed by atoms with Gasteiger partial charge in [0.25, 0.3) is 0 Å². The lowest BCUT2D eigenvalue weighted by atomic mass is 9.85. The smallest absolute Gasteiger partial charge is 0.410 e. The lowest BCUT2D eigenvalue weighted by Crippen LogP contribution is -2.49. The van der Waals surface area contributed by atoms with E-state index in [0.717, 1.165) is 18.4 Å². The molecule has 3 unspecified atom stereocenters. The Balaban J connectivity index is 2.21. The number of amides is 1. The largest absolute Gasteiger partial charge is 0.468 e. The molecule has 1 aromatic carbocycles. The van der Waals surface area contributed by atoms with E-state index in [1.54, 1.807) is 0 Å². The molecule has 7 heteroatoms. The standard InChI is InChI=1S/C18H25NO6/c1-24-17(22)16(13-7-3-2-4-8-13)15-9-5-6-10-19(15)18(23)25-12-14(21)11-20/h2-4,7-8,14-16,20-21H,5-6,9-12H2,1H3. The maximum Gasteiger partial charge on any atom is 0.410 e. The van der Waals surface area contributed by atoms with Crippen LogP contribution in [0.3, 0.4) is 0 Å². The van der Waals surface area contributed by atoms with E-state index in [-0.39, 0.29) is 12.6 Å². The summed E-state index contributed by atoms with van der Waals surface area (Å²) in [6, 6.07) is 8.86. The fourth-order valence-electron chi connectivity index (χ4n) is 3.14. The summed E-state index contributed by atoms with van der Waals surface area (Å²) in [7, 11) is 1.33. The van der Waals surface area contributed by atoms with E-state index < -0.39 is 30.7 Å². The van der Waals surface area contributed by atoms with Crippen molar-refractivity contribution in [1.29, 1.82) is 0 Å². The third kappa shape index (κ3) is 4.93. The van der Waals surface area contributed by atoms with E-state index in [1.807, 2.05) is 30.3 Å². The maximum absolute atomic E-state index is 12.4. The molecule has 2 rings (SSSR count). The molecule has 1 aliphatic rings. The van der Waals surface area contributed by atoms with Gasteiger partial charge in [-0.1, -0.05) is 30.3 Å². The molecule has 3 atom stereocenters. The number of piperidine rings is 1. The first-order chi connectivity index (χ1) is 12.1. The van der Waals surface area contributed by atoms with Crippen molar-refractivity contribution < 1.29 is 29.3 Å². The minimum absolute atomic E-state index is 0.285. The third-order valence-corrected chi connectivity index (χ3v) is 4.39. The molecule has 7 nitrogen and oxygen atoms in total. The van der Waals surface area contributed by atoms with Gasteiger partial charge in [-0.2, -0.15) is 0 Å². The molecule has 1 heterocycles. The summed E-state index contributed by atoms with van der Waals surface area (Å²) >= 11 is 0. The molecule has 0 saturated carbocycles. The molecule has 1 aliphatic heterocycles. The SMILES string of the molecule is COC(=O)C(c1ccccc1)C1CCCCN1C(=O)OCC(O)CO. The van der Waals surface area contributed by atoms with E-state index in [1.165, 1.54) is 12.0 Å². The normalized spacial score (nSPS) is 19.8. The average Bonchev–Trinajstić information content (AvgIpc) is 2.67. The van der Waals surface area contributed by atoms with Crippen molar-refractivity contribution in [2.45, 2.75) is 37.3 Å². The topological polar surface area (TPSA) is 96.3 Å². The van der Waals surface area contributed by atoms with Crippen molar-refractivity contribution >= 4 is 12.1 Å². The quantitative estimate of drug-likeness (QED) is 0.750. The summed E-state index contributed by atoms with van der Waals surface area (Å²) < 4.78 is 10.1. The van der Waals surface area contributed by atoms with Gasteiger partial charge in [0, 0.05) is 6.54 Å². The number of nitrogens with zero attached hydrogens (tertiary/aromatic N) is 1. The van der Waals surface area contributed by atoms with Crippen LogP contribution in [0.25, 0.3) is 0 Å². The van der Waals surface area contributed by atoms with Crippen molar-refractivity contribution in [3.05, 3.63) is 35.9 Å². The highest BCUT2D eigenvalue weighted by molar-refractivity contribution is 5.80. The van der Waals surface area contributed by atoms with Crippen LogP contribution in [-0.4, -0.2) is 66.2 Å². The fraction of sp³-hybridized carbons (Fsp3) is 0.556. The molecule has 25 heavy (non-hydrogen) atoms. The maximum atomic E-state index is 12.4. The number of rotatable bonds is 6. The number of hydrogen-bond donors (Lipinski definition) is 2. The zero-order valence-corrected chi connectivity index (χ0v) is 14.3. The van der Waals surface area contributed by atoms with E-state index >= 15 is 0 Å². The van der Waals surface area contributed by atoms with Crippen LogP contribution in [0.4, 0.5) is 4.79 Å². The predicted octanol–water partition coefficient (Wildman–Crippen LogP) is 1.29.